The van der Waals surface area contributed by atoms with E-state index in [1.54, 1.807) is 0 Å². The average Bonchev–Trinajstić information content (AvgIpc) is 2.53. The minimum atomic E-state index is -1.61. The van der Waals surface area contributed by atoms with E-state index in [4.69, 9.17) is 15.9 Å². The van der Waals surface area contributed by atoms with Gasteiger partial charge in [-0.3, -0.25) is 24.0 Å². The molecule has 3 amide bonds. The lowest BCUT2D eigenvalue weighted by Gasteiger charge is -2.26. The van der Waals surface area contributed by atoms with E-state index in [1.165, 1.54) is 0 Å². The average molecular weight is 392 g/mol. The molecule has 0 spiro atoms. The molecule has 27 heavy (non-hydrogen) atoms. The summed E-state index contributed by atoms with van der Waals surface area (Å²) in [6.07, 6.45) is -3.60. The van der Waals surface area contributed by atoms with Gasteiger partial charge in [-0.15, -0.1) is 0 Å². The van der Waals surface area contributed by atoms with Gasteiger partial charge in [0, 0.05) is 0 Å². The highest BCUT2D eigenvalue weighted by Crippen LogP contribution is 2.00. The van der Waals surface area contributed by atoms with Crippen LogP contribution in [0.1, 0.15) is 20.3 Å². The van der Waals surface area contributed by atoms with Gasteiger partial charge in [0.05, 0.1) is 24.7 Å². The maximum absolute atomic E-state index is 12.3. The molecule has 0 bridgehead atoms. The Balaban J connectivity index is 5.11. The molecule has 5 atom stereocenters. The normalized spacial score (nSPS) is 16.2. The standard InChI is InChI=1S/C14H24N4O9/c1-5(19)10(13(26)16-4-9(23)24)18-14(27)11(6(2)20)17-12(25)7(15)3-8(21)22/h5-7,10-11,19-20H,3-4,15H2,1-2H3,(H,16,26)(H,17,25)(H,18,27)(H,21,22)(H,23,24). The molecule has 0 aromatic rings. The minimum absolute atomic E-state index is 0.714. The molecule has 5 unspecified atom stereocenters. The number of rotatable bonds is 11. The van der Waals surface area contributed by atoms with Crippen LogP contribution >= 0.6 is 0 Å². The zero-order valence-corrected chi connectivity index (χ0v) is 14.7. The van der Waals surface area contributed by atoms with Gasteiger partial charge in [0.2, 0.25) is 17.7 Å². The van der Waals surface area contributed by atoms with Gasteiger partial charge in [0.25, 0.3) is 0 Å². The summed E-state index contributed by atoms with van der Waals surface area (Å²) in [4.78, 5) is 57.0. The van der Waals surface area contributed by atoms with Crippen molar-refractivity contribution in [2.24, 2.45) is 5.73 Å². The van der Waals surface area contributed by atoms with Crippen LogP contribution in [-0.4, -0.2) is 87.0 Å². The lowest BCUT2D eigenvalue weighted by molar-refractivity contribution is -0.140. The maximum atomic E-state index is 12.3. The number of aliphatic hydroxyl groups is 2. The Kier molecular flexibility index (Phi) is 9.92. The van der Waals surface area contributed by atoms with Crippen molar-refractivity contribution in [3.8, 4) is 0 Å². The first kappa shape index (κ1) is 24.2. The molecule has 13 nitrogen and oxygen atoms in total. The Morgan fingerprint density at radius 3 is 1.67 bits per heavy atom. The Hall–Kier alpha value is -2.77. The fraction of sp³-hybridized carbons (Fsp3) is 0.643. The van der Waals surface area contributed by atoms with Crippen LogP contribution in [0.5, 0.6) is 0 Å². The smallest absolute Gasteiger partial charge is 0.322 e. The molecular weight excluding hydrogens is 368 g/mol. The van der Waals surface area contributed by atoms with E-state index >= 15 is 0 Å². The number of hydrogen-bond acceptors (Lipinski definition) is 8. The summed E-state index contributed by atoms with van der Waals surface area (Å²) < 4.78 is 0. The third-order valence-electron chi connectivity index (χ3n) is 3.27. The summed E-state index contributed by atoms with van der Waals surface area (Å²) in [5.74, 6) is -5.79. The maximum Gasteiger partial charge on any atom is 0.322 e. The molecule has 0 radical (unpaired) electrons. The van der Waals surface area contributed by atoms with E-state index < -0.39 is 73.0 Å². The molecule has 0 fully saturated rings. The van der Waals surface area contributed by atoms with E-state index in [0.717, 1.165) is 13.8 Å². The Morgan fingerprint density at radius 2 is 1.26 bits per heavy atom. The summed E-state index contributed by atoms with van der Waals surface area (Å²) >= 11 is 0. The zero-order chi connectivity index (χ0) is 21.3. The number of carbonyl (C=O) groups is 5. The van der Waals surface area contributed by atoms with Crippen molar-refractivity contribution in [3.05, 3.63) is 0 Å². The summed E-state index contributed by atoms with van der Waals surface area (Å²) in [7, 11) is 0. The summed E-state index contributed by atoms with van der Waals surface area (Å²) in [6.45, 7) is 1.55. The Bertz CT molecular complexity index is 579. The van der Waals surface area contributed by atoms with Gasteiger partial charge >= 0.3 is 11.9 Å². The zero-order valence-electron chi connectivity index (χ0n) is 14.7. The van der Waals surface area contributed by atoms with Crippen molar-refractivity contribution in [2.45, 2.75) is 50.6 Å². The van der Waals surface area contributed by atoms with Crippen LogP contribution in [0.25, 0.3) is 0 Å². The topological polar surface area (TPSA) is 228 Å². The quantitative estimate of drug-likeness (QED) is 0.169. The van der Waals surface area contributed by atoms with Crippen molar-refractivity contribution in [1.29, 1.82) is 0 Å². The number of hydrogen-bond donors (Lipinski definition) is 8. The van der Waals surface area contributed by atoms with Crippen LogP contribution in [-0.2, 0) is 24.0 Å². The van der Waals surface area contributed by atoms with Crippen molar-refractivity contribution < 1.29 is 44.4 Å². The predicted octanol–water partition coefficient (Wildman–Crippen LogP) is -4.28. The van der Waals surface area contributed by atoms with Crippen molar-refractivity contribution >= 4 is 29.7 Å². The second-order valence-corrected chi connectivity index (χ2v) is 5.77. The Labute approximate surface area is 153 Å². The lowest BCUT2D eigenvalue weighted by atomic mass is 10.1. The van der Waals surface area contributed by atoms with Crippen molar-refractivity contribution in [1.82, 2.24) is 16.0 Å². The van der Waals surface area contributed by atoms with Crippen LogP contribution in [0.4, 0.5) is 0 Å². The number of amides is 3. The molecule has 0 aromatic carbocycles. The number of aliphatic hydroxyl groups excluding tert-OH is 2. The molecule has 154 valence electrons. The Morgan fingerprint density at radius 1 is 0.815 bits per heavy atom. The number of carboxylic acid groups (broad SMARTS) is 2. The molecule has 0 rings (SSSR count). The van der Waals surface area contributed by atoms with Gasteiger partial charge in [-0.05, 0) is 13.8 Å². The number of carbonyl (C=O) groups excluding carboxylic acids is 3. The van der Waals surface area contributed by atoms with Crippen LogP contribution < -0.4 is 21.7 Å². The van der Waals surface area contributed by atoms with Gasteiger partial charge in [0.15, 0.2) is 0 Å². The molecule has 0 aliphatic heterocycles. The molecule has 0 aliphatic rings. The van der Waals surface area contributed by atoms with E-state index in [-0.39, 0.29) is 0 Å². The fourth-order valence-electron chi connectivity index (χ4n) is 1.87. The monoisotopic (exact) mass is 392 g/mol. The predicted molar refractivity (Wildman–Crippen MR) is 88.1 cm³/mol. The molecule has 0 aliphatic carbocycles. The van der Waals surface area contributed by atoms with Crippen molar-refractivity contribution in [3.63, 3.8) is 0 Å². The van der Waals surface area contributed by atoms with Gasteiger partial charge in [-0.2, -0.15) is 0 Å². The lowest BCUT2D eigenvalue weighted by Crippen LogP contribution is -2.61. The van der Waals surface area contributed by atoms with Crippen LogP contribution in [0.3, 0.4) is 0 Å². The summed E-state index contributed by atoms with van der Waals surface area (Å²) in [5, 5.41) is 42.6. The molecule has 13 heteroatoms. The number of nitrogens with two attached hydrogens (primary N) is 1. The van der Waals surface area contributed by atoms with Gasteiger partial charge in [0.1, 0.15) is 18.6 Å². The summed E-state index contributed by atoms with van der Waals surface area (Å²) in [6, 6.07) is -4.66. The number of carboxylic acids is 2. The SMILES string of the molecule is CC(O)C(NC(=O)C(N)CC(=O)O)C(=O)NC(C(=O)NCC(=O)O)C(C)O. The molecule has 0 saturated heterocycles. The largest absolute Gasteiger partial charge is 0.481 e. The van der Waals surface area contributed by atoms with E-state index in [2.05, 4.69) is 10.6 Å². The van der Waals surface area contributed by atoms with Gasteiger partial charge < -0.3 is 42.1 Å². The first-order valence-electron chi connectivity index (χ1n) is 7.80. The van der Waals surface area contributed by atoms with E-state index in [1.807, 2.05) is 5.32 Å². The minimum Gasteiger partial charge on any atom is -0.481 e. The summed E-state index contributed by atoms with van der Waals surface area (Å²) in [5.41, 5.74) is 5.37. The number of nitrogens with one attached hydrogen (secondary N) is 3. The molecular formula is C14H24N4O9. The molecule has 0 aromatic heterocycles. The van der Waals surface area contributed by atoms with E-state index in [9.17, 15) is 34.2 Å². The first-order valence-corrected chi connectivity index (χ1v) is 7.80. The van der Waals surface area contributed by atoms with Crippen LogP contribution in [0.2, 0.25) is 0 Å². The second-order valence-electron chi connectivity index (χ2n) is 5.77. The van der Waals surface area contributed by atoms with E-state index in [0.29, 0.717) is 0 Å². The third kappa shape index (κ3) is 8.94. The van der Waals surface area contributed by atoms with Crippen molar-refractivity contribution in [2.75, 3.05) is 6.54 Å². The third-order valence-corrected chi connectivity index (χ3v) is 3.27. The highest BCUT2D eigenvalue weighted by Gasteiger charge is 2.33. The molecule has 0 heterocycles. The van der Waals surface area contributed by atoms with Crippen LogP contribution in [0.15, 0.2) is 0 Å². The highest BCUT2D eigenvalue weighted by molar-refractivity contribution is 5.94. The van der Waals surface area contributed by atoms with Crippen LogP contribution in [0, 0.1) is 0 Å². The van der Waals surface area contributed by atoms with Gasteiger partial charge in [-0.1, -0.05) is 0 Å². The fourth-order valence-corrected chi connectivity index (χ4v) is 1.87. The molecule has 9 N–H and O–H groups in total. The highest BCUT2D eigenvalue weighted by atomic mass is 16.4. The molecule has 0 saturated carbocycles. The van der Waals surface area contributed by atoms with Gasteiger partial charge in [-0.25, -0.2) is 0 Å². The first-order chi connectivity index (χ1) is 12.4. The number of aliphatic carboxylic acids is 2. The second kappa shape index (κ2) is 11.1.